The summed E-state index contributed by atoms with van der Waals surface area (Å²) in [6, 6.07) is 4.78. The van der Waals surface area contributed by atoms with Crippen molar-refractivity contribution in [3.8, 4) is 0 Å². The zero-order valence-electron chi connectivity index (χ0n) is 14.5. The van der Waals surface area contributed by atoms with Gasteiger partial charge in [0.15, 0.2) is 0 Å². The van der Waals surface area contributed by atoms with E-state index in [-0.39, 0.29) is 5.54 Å². The van der Waals surface area contributed by atoms with Gasteiger partial charge >= 0.3 is 0 Å². The number of aromatic nitrogens is 1. The molecule has 2 atom stereocenters. The largest absolute Gasteiger partial charge is 0.371 e. The predicted octanol–water partition coefficient (Wildman–Crippen LogP) is 1.81. The van der Waals surface area contributed by atoms with Crippen LogP contribution in [0.15, 0.2) is 12.1 Å². The maximum absolute atomic E-state index is 6.72. The first-order valence-electron chi connectivity index (χ1n) is 9.38. The molecule has 4 fully saturated rings. The number of anilines is 1. The monoisotopic (exact) mass is 328 g/mol. The van der Waals surface area contributed by atoms with Gasteiger partial charge < -0.3 is 21.1 Å². The van der Waals surface area contributed by atoms with E-state index in [9.17, 15) is 0 Å². The topological polar surface area (TPSA) is 77.4 Å². The van der Waals surface area contributed by atoms with Crippen LogP contribution in [0.2, 0.25) is 0 Å². The standard InChI is InChI=1S/C19H28N4O/c1-12-16(19(21)10-18(11-19)6-13(20)7-18)4-5-17(22-12)23-8-14-2-3-15(9-23)24-14/h4-5,13-15H,2-3,6-11,20-21H2,1H3. The van der Waals surface area contributed by atoms with Crippen molar-refractivity contribution in [3.63, 3.8) is 0 Å². The maximum atomic E-state index is 6.72. The third-order valence-corrected chi connectivity index (χ3v) is 6.75. The molecule has 5 heteroatoms. The summed E-state index contributed by atoms with van der Waals surface area (Å²) in [6.07, 6.45) is 7.58. The second-order valence-corrected chi connectivity index (χ2v) is 8.84. The van der Waals surface area contributed by atoms with Crippen LogP contribution in [0.25, 0.3) is 0 Å². The van der Waals surface area contributed by atoms with Gasteiger partial charge in [-0.3, -0.25) is 0 Å². The summed E-state index contributed by atoms with van der Waals surface area (Å²) in [7, 11) is 0. The van der Waals surface area contributed by atoms with Crippen LogP contribution in [0.1, 0.15) is 49.8 Å². The molecule has 5 rings (SSSR count). The number of ether oxygens (including phenoxy) is 1. The second kappa shape index (κ2) is 4.93. The summed E-state index contributed by atoms with van der Waals surface area (Å²) in [5.74, 6) is 1.08. The van der Waals surface area contributed by atoms with Gasteiger partial charge in [-0.25, -0.2) is 4.98 Å². The lowest BCUT2D eigenvalue weighted by molar-refractivity contribution is -0.0593. The van der Waals surface area contributed by atoms with Crippen molar-refractivity contribution in [1.82, 2.24) is 4.98 Å². The molecule has 5 nitrogen and oxygen atoms in total. The SMILES string of the molecule is Cc1nc(N2CC3CCC(C2)O3)ccc1C1(N)CC2(CC(N)C2)C1. The third-order valence-electron chi connectivity index (χ3n) is 6.75. The number of aryl methyl sites for hydroxylation is 1. The number of hydrogen-bond donors (Lipinski definition) is 2. The number of morpholine rings is 1. The average molecular weight is 328 g/mol. The maximum Gasteiger partial charge on any atom is 0.128 e. The van der Waals surface area contributed by atoms with Gasteiger partial charge in [-0.1, -0.05) is 6.07 Å². The van der Waals surface area contributed by atoms with Gasteiger partial charge in [0.05, 0.1) is 12.2 Å². The van der Waals surface area contributed by atoms with E-state index in [0.717, 1.165) is 50.3 Å². The Morgan fingerprint density at radius 2 is 1.83 bits per heavy atom. The molecule has 1 aromatic rings. The molecule has 2 saturated carbocycles. The molecule has 130 valence electrons. The van der Waals surface area contributed by atoms with Crippen LogP contribution in [0, 0.1) is 12.3 Å². The Bertz CT molecular complexity index is 649. The molecule has 2 saturated heterocycles. The van der Waals surface area contributed by atoms with Gasteiger partial charge in [-0.05, 0) is 62.5 Å². The predicted molar refractivity (Wildman–Crippen MR) is 93.8 cm³/mol. The van der Waals surface area contributed by atoms with E-state index < -0.39 is 0 Å². The van der Waals surface area contributed by atoms with Gasteiger partial charge in [-0.15, -0.1) is 0 Å². The van der Waals surface area contributed by atoms with Crippen molar-refractivity contribution in [2.45, 2.75) is 69.2 Å². The fraction of sp³-hybridized carbons (Fsp3) is 0.737. The highest BCUT2D eigenvalue weighted by Crippen LogP contribution is 2.62. The minimum Gasteiger partial charge on any atom is -0.371 e. The molecule has 3 heterocycles. The lowest BCUT2D eigenvalue weighted by Crippen LogP contribution is -2.63. The molecule has 2 unspecified atom stereocenters. The van der Waals surface area contributed by atoms with Gasteiger partial charge in [-0.2, -0.15) is 0 Å². The molecule has 2 bridgehead atoms. The van der Waals surface area contributed by atoms with Crippen molar-refractivity contribution in [2.24, 2.45) is 16.9 Å². The molecule has 4 N–H and O–H groups in total. The highest BCUT2D eigenvalue weighted by Gasteiger charge is 2.58. The van der Waals surface area contributed by atoms with E-state index in [0.29, 0.717) is 23.7 Å². The van der Waals surface area contributed by atoms with Crippen LogP contribution in [0.5, 0.6) is 0 Å². The smallest absolute Gasteiger partial charge is 0.128 e. The molecule has 4 aliphatic rings. The molecular weight excluding hydrogens is 300 g/mol. The fourth-order valence-corrected chi connectivity index (χ4v) is 5.87. The molecule has 1 spiro atoms. The van der Waals surface area contributed by atoms with Crippen molar-refractivity contribution in [1.29, 1.82) is 0 Å². The normalized spacial score (nSPS) is 43.6. The van der Waals surface area contributed by atoms with Crippen molar-refractivity contribution >= 4 is 5.82 Å². The molecule has 0 aromatic carbocycles. The Morgan fingerprint density at radius 1 is 1.17 bits per heavy atom. The van der Waals surface area contributed by atoms with Crippen molar-refractivity contribution < 1.29 is 4.74 Å². The van der Waals surface area contributed by atoms with Gasteiger partial charge in [0, 0.05) is 30.4 Å². The Labute approximate surface area is 143 Å². The minimum atomic E-state index is -0.195. The highest BCUT2D eigenvalue weighted by molar-refractivity contribution is 5.45. The number of nitrogens with zero attached hydrogens (tertiary/aromatic N) is 2. The molecule has 2 aliphatic carbocycles. The summed E-state index contributed by atoms with van der Waals surface area (Å²) in [6.45, 7) is 4.05. The Morgan fingerprint density at radius 3 is 2.42 bits per heavy atom. The summed E-state index contributed by atoms with van der Waals surface area (Å²) in [5, 5.41) is 0. The number of pyridine rings is 1. The second-order valence-electron chi connectivity index (χ2n) is 8.84. The summed E-state index contributed by atoms with van der Waals surface area (Å²) in [4.78, 5) is 7.30. The Hall–Kier alpha value is -1.17. The zero-order valence-corrected chi connectivity index (χ0v) is 14.5. The first-order chi connectivity index (χ1) is 11.4. The van der Waals surface area contributed by atoms with Crippen LogP contribution in [0.3, 0.4) is 0 Å². The molecule has 24 heavy (non-hydrogen) atoms. The van der Waals surface area contributed by atoms with Crippen LogP contribution < -0.4 is 16.4 Å². The average Bonchev–Trinajstić information content (AvgIpc) is 2.82. The van der Waals surface area contributed by atoms with Crippen molar-refractivity contribution in [3.05, 3.63) is 23.4 Å². The van der Waals surface area contributed by atoms with E-state index in [2.05, 4.69) is 24.0 Å². The minimum absolute atomic E-state index is 0.195. The van der Waals surface area contributed by atoms with E-state index in [1.807, 2.05) is 0 Å². The first kappa shape index (κ1) is 15.1. The Kier molecular flexibility index (Phi) is 3.10. The molecule has 2 aliphatic heterocycles. The number of hydrogen-bond acceptors (Lipinski definition) is 5. The molecule has 1 aromatic heterocycles. The van der Waals surface area contributed by atoms with Crippen LogP contribution in [-0.4, -0.2) is 36.3 Å². The first-order valence-corrected chi connectivity index (χ1v) is 9.38. The Balaban J connectivity index is 1.34. The molecule has 0 radical (unpaired) electrons. The van der Waals surface area contributed by atoms with Gasteiger partial charge in [0.1, 0.15) is 5.82 Å². The van der Waals surface area contributed by atoms with E-state index in [1.54, 1.807) is 0 Å². The number of nitrogens with two attached hydrogens (primary N) is 2. The number of fused-ring (bicyclic) bond motifs is 2. The summed E-state index contributed by atoms with van der Waals surface area (Å²) < 4.78 is 5.93. The van der Waals surface area contributed by atoms with E-state index in [4.69, 9.17) is 21.2 Å². The third kappa shape index (κ3) is 2.21. The summed E-state index contributed by atoms with van der Waals surface area (Å²) in [5.41, 5.74) is 15.3. The highest BCUT2D eigenvalue weighted by atomic mass is 16.5. The molecular formula is C19H28N4O. The van der Waals surface area contributed by atoms with E-state index in [1.165, 1.54) is 18.4 Å². The van der Waals surface area contributed by atoms with Crippen LogP contribution in [0.4, 0.5) is 5.82 Å². The lowest BCUT2D eigenvalue weighted by Gasteiger charge is -2.62. The quantitative estimate of drug-likeness (QED) is 0.866. The van der Waals surface area contributed by atoms with Crippen molar-refractivity contribution in [2.75, 3.05) is 18.0 Å². The molecule has 0 amide bonds. The summed E-state index contributed by atoms with van der Waals surface area (Å²) >= 11 is 0. The van der Waals surface area contributed by atoms with Crippen LogP contribution in [-0.2, 0) is 10.3 Å². The van der Waals surface area contributed by atoms with E-state index >= 15 is 0 Å². The van der Waals surface area contributed by atoms with Gasteiger partial charge in [0.2, 0.25) is 0 Å². The van der Waals surface area contributed by atoms with Crippen LogP contribution >= 0.6 is 0 Å². The lowest BCUT2D eigenvalue weighted by atomic mass is 9.46. The fourth-order valence-electron chi connectivity index (χ4n) is 5.87. The van der Waals surface area contributed by atoms with Gasteiger partial charge in [0.25, 0.3) is 0 Å². The number of rotatable bonds is 2. The zero-order chi connectivity index (χ0) is 16.5.